The van der Waals surface area contributed by atoms with Gasteiger partial charge >= 0.3 is 6.18 Å². The van der Waals surface area contributed by atoms with E-state index in [-0.39, 0.29) is 11.9 Å². The SMILES string of the molecule is COCC(C)NCCCc1cc(-c2cccc(C(F)(F)F)c2)nc(C#N)n1. The largest absolute Gasteiger partial charge is 0.416 e. The smallest absolute Gasteiger partial charge is 0.383 e. The number of ether oxygens (including phenoxy) is 1. The number of methoxy groups -OCH3 is 1. The third-order valence-electron chi connectivity index (χ3n) is 3.88. The molecule has 0 saturated heterocycles. The lowest BCUT2D eigenvalue weighted by Gasteiger charge is -2.12. The highest BCUT2D eigenvalue weighted by Gasteiger charge is 2.30. The van der Waals surface area contributed by atoms with Crippen molar-refractivity contribution >= 4 is 0 Å². The van der Waals surface area contributed by atoms with E-state index in [9.17, 15) is 13.2 Å². The third kappa shape index (κ3) is 6.31. The first-order valence-electron chi connectivity index (χ1n) is 8.51. The summed E-state index contributed by atoms with van der Waals surface area (Å²) in [6, 6.07) is 8.62. The van der Waals surface area contributed by atoms with Crippen molar-refractivity contribution < 1.29 is 17.9 Å². The van der Waals surface area contributed by atoms with Crippen LogP contribution in [0.25, 0.3) is 11.3 Å². The number of nitriles is 1. The molecular formula is C19H21F3N4O. The molecule has 2 rings (SSSR count). The van der Waals surface area contributed by atoms with Gasteiger partial charge in [-0.2, -0.15) is 18.4 Å². The number of benzene rings is 1. The van der Waals surface area contributed by atoms with Gasteiger partial charge in [0.2, 0.25) is 5.82 Å². The van der Waals surface area contributed by atoms with E-state index in [0.717, 1.165) is 25.1 Å². The molecule has 1 atom stereocenters. The Balaban J connectivity index is 2.15. The summed E-state index contributed by atoms with van der Waals surface area (Å²) in [6.45, 7) is 3.34. The Morgan fingerprint density at radius 1 is 1.26 bits per heavy atom. The van der Waals surface area contributed by atoms with E-state index < -0.39 is 11.7 Å². The second kappa shape index (κ2) is 9.44. The molecule has 1 heterocycles. The number of rotatable bonds is 8. The Morgan fingerprint density at radius 2 is 2.04 bits per heavy atom. The Hall–Kier alpha value is -2.50. The number of nitrogens with one attached hydrogen (secondary N) is 1. The zero-order valence-corrected chi connectivity index (χ0v) is 15.2. The van der Waals surface area contributed by atoms with Crippen molar-refractivity contribution in [1.82, 2.24) is 15.3 Å². The highest BCUT2D eigenvalue weighted by atomic mass is 19.4. The second-order valence-corrected chi connectivity index (χ2v) is 6.17. The summed E-state index contributed by atoms with van der Waals surface area (Å²) < 4.78 is 43.8. The second-order valence-electron chi connectivity index (χ2n) is 6.17. The molecule has 0 fully saturated rings. The molecule has 144 valence electrons. The Morgan fingerprint density at radius 3 is 2.70 bits per heavy atom. The molecule has 0 aliphatic rings. The summed E-state index contributed by atoms with van der Waals surface area (Å²) in [5.41, 5.74) is 0.477. The molecule has 0 amide bonds. The fourth-order valence-electron chi connectivity index (χ4n) is 2.61. The number of nitrogens with zero attached hydrogens (tertiary/aromatic N) is 3. The van der Waals surface area contributed by atoms with E-state index in [4.69, 9.17) is 10.00 Å². The molecule has 5 nitrogen and oxygen atoms in total. The molecule has 1 unspecified atom stereocenters. The highest BCUT2D eigenvalue weighted by molar-refractivity contribution is 5.61. The predicted molar refractivity (Wildman–Crippen MR) is 94.8 cm³/mol. The Kier molecular flexibility index (Phi) is 7.28. The average molecular weight is 378 g/mol. The maximum absolute atomic E-state index is 12.9. The maximum atomic E-state index is 12.9. The predicted octanol–water partition coefficient (Wildman–Crippen LogP) is 3.59. The number of alkyl halides is 3. The first-order valence-corrected chi connectivity index (χ1v) is 8.51. The van der Waals surface area contributed by atoms with Crippen molar-refractivity contribution in [2.75, 3.05) is 20.3 Å². The summed E-state index contributed by atoms with van der Waals surface area (Å²) in [7, 11) is 1.64. The van der Waals surface area contributed by atoms with Gasteiger partial charge in [-0.15, -0.1) is 0 Å². The van der Waals surface area contributed by atoms with Crippen LogP contribution in [-0.4, -0.2) is 36.3 Å². The minimum absolute atomic E-state index is 0.0550. The summed E-state index contributed by atoms with van der Waals surface area (Å²) in [5, 5.41) is 12.4. The van der Waals surface area contributed by atoms with Crippen molar-refractivity contribution in [1.29, 1.82) is 5.26 Å². The normalized spacial score (nSPS) is 12.6. The minimum atomic E-state index is -4.44. The topological polar surface area (TPSA) is 70.8 Å². The minimum Gasteiger partial charge on any atom is -0.383 e. The number of aromatic nitrogens is 2. The van der Waals surface area contributed by atoms with Gasteiger partial charge in [0.1, 0.15) is 6.07 Å². The quantitative estimate of drug-likeness (QED) is 0.711. The van der Waals surface area contributed by atoms with Crippen LogP contribution < -0.4 is 5.32 Å². The first kappa shape index (κ1) is 20.8. The zero-order chi connectivity index (χ0) is 19.9. The Bertz CT molecular complexity index is 802. The van der Waals surface area contributed by atoms with Gasteiger partial charge in [0.25, 0.3) is 0 Å². The van der Waals surface area contributed by atoms with Crippen molar-refractivity contribution in [3.63, 3.8) is 0 Å². The summed E-state index contributed by atoms with van der Waals surface area (Å²) in [6.07, 6.45) is -3.09. The number of aryl methyl sites for hydroxylation is 1. The van der Waals surface area contributed by atoms with Gasteiger partial charge in [-0.25, -0.2) is 9.97 Å². The monoisotopic (exact) mass is 378 g/mol. The van der Waals surface area contributed by atoms with Crippen molar-refractivity contribution in [2.45, 2.75) is 32.0 Å². The van der Waals surface area contributed by atoms with Gasteiger partial charge in [-0.1, -0.05) is 12.1 Å². The van der Waals surface area contributed by atoms with E-state index >= 15 is 0 Å². The van der Waals surface area contributed by atoms with Gasteiger partial charge < -0.3 is 10.1 Å². The van der Waals surface area contributed by atoms with Gasteiger partial charge in [-0.05, 0) is 44.5 Å². The molecule has 0 radical (unpaired) electrons. The zero-order valence-electron chi connectivity index (χ0n) is 15.2. The van der Waals surface area contributed by atoms with Gasteiger partial charge in [0.05, 0.1) is 17.9 Å². The van der Waals surface area contributed by atoms with E-state index in [0.29, 0.717) is 30.0 Å². The van der Waals surface area contributed by atoms with Crippen molar-refractivity contribution in [2.24, 2.45) is 0 Å². The van der Waals surface area contributed by atoms with Crippen LogP contribution in [0, 0.1) is 11.3 Å². The fraction of sp³-hybridized carbons (Fsp3) is 0.421. The maximum Gasteiger partial charge on any atom is 0.416 e. The molecular weight excluding hydrogens is 357 g/mol. The molecule has 2 aromatic rings. The number of halogens is 3. The van der Waals surface area contributed by atoms with Gasteiger partial charge in [-0.3, -0.25) is 0 Å². The summed E-state index contributed by atoms with van der Waals surface area (Å²) >= 11 is 0. The van der Waals surface area contributed by atoms with Crippen LogP contribution in [0.2, 0.25) is 0 Å². The molecule has 0 aliphatic carbocycles. The van der Waals surface area contributed by atoms with Crippen LogP contribution in [0.1, 0.15) is 30.4 Å². The van der Waals surface area contributed by atoms with Gasteiger partial charge in [0, 0.05) is 24.4 Å². The molecule has 0 spiro atoms. The van der Waals surface area contributed by atoms with Gasteiger partial charge in [0.15, 0.2) is 0 Å². The first-order chi connectivity index (χ1) is 12.8. The number of hydrogen-bond acceptors (Lipinski definition) is 5. The van der Waals surface area contributed by atoms with Crippen LogP contribution >= 0.6 is 0 Å². The number of hydrogen-bond donors (Lipinski definition) is 1. The molecule has 1 aromatic carbocycles. The van der Waals surface area contributed by atoms with E-state index in [1.807, 2.05) is 13.0 Å². The lowest BCUT2D eigenvalue weighted by Crippen LogP contribution is -2.31. The highest BCUT2D eigenvalue weighted by Crippen LogP contribution is 2.31. The standard InChI is InChI=1S/C19H21F3N4O/c1-13(12-27-2)24-8-4-7-16-10-17(26-18(11-23)25-16)14-5-3-6-15(9-14)19(20,21)22/h3,5-6,9-10,13,24H,4,7-8,12H2,1-2H3. The molecule has 0 bridgehead atoms. The van der Waals surface area contributed by atoms with Crippen LogP contribution in [0.3, 0.4) is 0 Å². The van der Waals surface area contributed by atoms with E-state index in [1.165, 1.54) is 12.1 Å². The van der Waals surface area contributed by atoms with Crippen LogP contribution in [0.5, 0.6) is 0 Å². The molecule has 8 heteroatoms. The summed E-state index contributed by atoms with van der Waals surface area (Å²) in [5.74, 6) is -0.0550. The molecule has 1 N–H and O–H groups in total. The van der Waals surface area contributed by atoms with Crippen molar-refractivity contribution in [3.8, 4) is 17.3 Å². The molecule has 0 saturated carbocycles. The third-order valence-corrected chi connectivity index (χ3v) is 3.88. The summed E-state index contributed by atoms with van der Waals surface area (Å²) in [4.78, 5) is 8.21. The lowest BCUT2D eigenvalue weighted by atomic mass is 10.1. The van der Waals surface area contributed by atoms with Crippen LogP contribution in [0.4, 0.5) is 13.2 Å². The molecule has 0 aliphatic heterocycles. The van der Waals surface area contributed by atoms with Crippen molar-refractivity contribution in [3.05, 3.63) is 47.4 Å². The molecule has 1 aromatic heterocycles. The average Bonchev–Trinajstić information content (AvgIpc) is 2.64. The van der Waals surface area contributed by atoms with E-state index in [1.54, 1.807) is 13.2 Å². The fourth-order valence-corrected chi connectivity index (χ4v) is 2.61. The van der Waals surface area contributed by atoms with Crippen LogP contribution in [-0.2, 0) is 17.3 Å². The van der Waals surface area contributed by atoms with E-state index in [2.05, 4.69) is 15.3 Å². The molecule has 27 heavy (non-hydrogen) atoms. The Labute approximate surface area is 156 Å². The lowest BCUT2D eigenvalue weighted by molar-refractivity contribution is -0.137. The van der Waals surface area contributed by atoms with Crippen LogP contribution in [0.15, 0.2) is 30.3 Å².